The number of rotatable bonds is 8. The molecule has 6 aliphatic heterocycles. The summed E-state index contributed by atoms with van der Waals surface area (Å²) in [5.74, 6) is -1.90. The minimum absolute atomic E-state index is 0.102. The van der Waals surface area contributed by atoms with Crippen LogP contribution in [-0.4, -0.2) is 167 Å². The number of anilines is 2. The molecule has 2 amide bonds. The highest BCUT2D eigenvalue weighted by Gasteiger charge is 2.50. The molecule has 4 aromatic carbocycles. The number of halogens is 6. The lowest BCUT2D eigenvalue weighted by Gasteiger charge is -2.44. The van der Waals surface area contributed by atoms with Gasteiger partial charge in [-0.2, -0.15) is 18.6 Å². The minimum Gasteiger partial charge on any atom is -0.348 e. The number of sulfonamides is 2. The zero-order valence-electron chi connectivity index (χ0n) is 42.6. The zero-order chi connectivity index (χ0) is 57.0. The van der Waals surface area contributed by atoms with Crippen LogP contribution in [0.4, 0.5) is 29.2 Å². The highest BCUT2D eigenvalue weighted by molar-refractivity contribution is 8.00. The Morgan fingerprint density at radius 1 is 0.588 bits per heavy atom. The molecule has 0 unspecified atom stereocenters. The Morgan fingerprint density at radius 3 is 1.31 bits per heavy atom. The van der Waals surface area contributed by atoms with Gasteiger partial charge in [0.05, 0.1) is 57.8 Å². The average molecular weight is 1220 g/mol. The number of hydrogen-bond acceptors (Lipinski definition) is 14. The van der Waals surface area contributed by atoms with E-state index in [1.54, 1.807) is 21.9 Å². The number of carbonyl (C=O) groups is 2. The van der Waals surface area contributed by atoms with E-state index in [0.717, 1.165) is 36.8 Å². The second-order valence-electron chi connectivity index (χ2n) is 19.9. The van der Waals surface area contributed by atoms with Gasteiger partial charge in [-0.3, -0.25) is 18.7 Å². The molecule has 18 nitrogen and oxygen atoms in total. The molecule has 0 N–H and O–H groups in total. The number of benzene rings is 4. The van der Waals surface area contributed by atoms with E-state index >= 15 is 0 Å². The third-order valence-electron chi connectivity index (χ3n) is 15.4. The van der Waals surface area contributed by atoms with Crippen LogP contribution in [0.15, 0.2) is 93.2 Å². The highest BCUT2D eigenvalue weighted by Crippen LogP contribution is 2.49. The summed E-state index contributed by atoms with van der Waals surface area (Å²) in [5.41, 5.74) is 1.03. The van der Waals surface area contributed by atoms with Crippen LogP contribution in [0.25, 0.3) is 44.1 Å². The normalized spacial score (nSPS) is 21.1. The Labute approximate surface area is 474 Å². The Balaban J connectivity index is 0.000000169. The maximum absolute atomic E-state index is 14.9. The maximum Gasteiger partial charge on any atom is 0.350 e. The van der Waals surface area contributed by atoms with Crippen LogP contribution in [0, 0.1) is 23.3 Å². The molecule has 0 radical (unpaired) electrons. The molecule has 0 spiro atoms. The first-order valence-electron chi connectivity index (χ1n) is 25.0. The van der Waals surface area contributed by atoms with E-state index < -0.39 is 78.9 Å². The predicted octanol–water partition coefficient (Wildman–Crippen LogP) is 5.90. The molecule has 4 saturated heterocycles. The van der Waals surface area contributed by atoms with E-state index in [-0.39, 0.29) is 72.3 Å². The number of aryl methyl sites for hydroxylation is 2. The van der Waals surface area contributed by atoms with E-state index in [1.807, 2.05) is 9.80 Å². The summed E-state index contributed by atoms with van der Waals surface area (Å²) < 4.78 is 113. The SMILES string of the molecule is C=CC(=O)N1CCN(c2nc(=O)n3c4c(c(-c5ccc(F)cc5F)c(Cl)cc24)SCC3)[C@@H]2CN(S(C)(=O)=O)C[C@@H]21.C=CC(=O)N1CCN(c2nc(=O)n3c4c(c(-c5ccc(F)cc5F)c(Cl)cc24)SCC3)[C@H]2CN(S(C)(=O)=O)C[C@H]21. The molecule has 420 valence electrons. The molecule has 6 aliphatic rings. The van der Waals surface area contributed by atoms with Gasteiger partial charge in [0.15, 0.2) is 0 Å². The fraction of sp³-hybridized carbons (Fsp3) is 0.346. The van der Waals surface area contributed by atoms with E-state index in [9.17, 15) is 53.6 Å². The van der Waals surface area contributed by atoms with Gasteiger partial charge in [0.2, 0.25) is 31.9 Å². The van der Waals surface area contributed by atoms with Crippen molar-refractivity contribution < 1.29 is 44.0 Å². The number of aromatic nitrogens is 4. The molecule has 4 atom stereocenters. The van der Waals surface area contributed by atoms with Gasteiger partial charge in [-0.25, -0.2) is 44.0 Å². The van der Waals surface area contributed by atoms with Crippen LogP contribution in [0.2, 0.25) is 10.0 Å². The fourth-order valence-corrected chi connectivity index (χ4v) is 16.7. The lowest BCUT2D eigenvalue weighted by Crippen LogP contribution is -2.61. The number of amides is 2. The van der Waals surface area contributed by atoms with Crippen molar-refractivity contribution in [1.82, 2.24) is 37.5 Å². The van der Waals surface area contributed by atoms with E-state index in [4.69, 9.17) is 23.2 Å². The van der Waals surface area contributed by atoms with Crippen molar-refractivity contribution in [3.05, 3.63) is 128 Å². The minimum atomic E-state index is -3.56. The second kappa shape index (κ2) is 21.1. The van der Waals surface area contributed by atoms with Gasteiger partial charge in [0.25, 0.3) is 0 Å². The third kappa shape index (κ3) is 9.64. The standard InChI is InChI=1S/2C26H24ClF2N5O4S2/c2*1-3-21(35)32-6-7-33(20-13-31(12-19(20)32)40(2,37)38)25-16-11-17(27)22(15-5-4-14(28)10-18(15)29)24-23(16)34(8-9-39-24)26(36)30-25/h2*3-5,10-11,19-20H,1,6-9,12-13H2,2H3/t2*19-,20+/m10/s1. The first-order chi connectivity index (χ1) is 38.0. The molecule has 6 aromatic rings. The molecule has 28 heteroatoms. The van der Waals surface area contributed by atoms with Crippen LogP contribution in [0.3, 0.4) is 0 Å². The van der Waals surface area contributed by atoms with Gasteiger partial charge in [-0.1, -0.05) is 36.4 Å². The lowest BCUT2D eigenvalue weighted by molar-refractivity contribution is -0.129. The largest absolute Gasteiger partial charge is 0.350 e. The molecule has 8 heterocycles. The maximum atomic E-state index is 14.9. The summed E-state index contributed by atoms with van der Waals surface area (Å²) >= 11 is 16.4. The molecule has 12 rings (SSSR count). The Bertz CT molecular complexity index is 3790. The summed E-state index contributed by atoms with van der Waals surface area (Å²) in [5, 5.41) is 1.52. The van der Waals surface area contributed by atoms with Crippen molar-refractivity contribution in [2.45, 2.75) is 47.0 Å². The molecule has 4 fully saturated rings. The van der Waals surface area contributed by atoms with Crippen molar-refractivity contribution in [3.8, 4) is 22.3 Å². The smallest absolute Gasteiger partial charge is 0.348 e. The van der Waals surface area contributed by atoms with Crippen LogP contribution < -0.4 is 21.2 Å². The van der Waals surface area contributed by atoms with Gasteiger partial charge in [0.1, 0.15) is 34.9 Å². The highest BCUT2D eigenvalue weighted by atomic mass is 35.5. The predicted molar refractivity (Wildman–Crippen MR) is 301 cm³/mol. The topological polar surface area (TPSA) is 192 Å². The molecule has 0 bridgehead atoms. The number of hydrogen-bond donors (Lipinski definition) is 0. The fourth-order valence-electron chi connectivity index (χ4n) is 11.9. The Kier molecular flexibility index (Phi) is 14.7. The molecule has 2 aromatic heterocycles. The number of fused-ring (bicyclic) bond motifs is 2. The van der Waals surface area contributed by atoms with Crippen LogP contribution in [-0.2, 0) is 42.7 Å². The summed E-state index contributed by atoms with van der Waals surface area (Å²) in [6.45, 7) is 9.44. The molecular formula is C52H48Cl2F4N10O8S4. The van der Waals surface area contributed by atoms with Crippen molar-refractivity contribution in [1.29, 1.82) is 0 Å². The molecular weight excluding hydrogens is 1170 g/mol. The Morgan fingerprint density at radius 2 is 0.963 bits per heavy atom. The van der Waals surface area contributed by atoms with Crippen molar-refractivity contribution in [2.24, 2.45) is 0 Å². The Hall–Kier alpha value is -6.00. The summed E-state index contributed by atoms with van der Waals surface area (Å²) in [6, 6.07) is 7.86. The molecule has 0 aliphatic carbocycles. The van der Waals surface area contributed by atoms with Crippen LogP contribution >= 0.6 is 46.7 Å². The summed E-state index contributed by atoms with van der Waals surface area (Å²) in [6.07, 6.45) is 4.65. The first kappa shape index (κ1) is 55.9. The van der Waals surface area contributed by atoms with Gasteiger partial charge < -0.3 is 19.6 Å². The number of piperazine rings is 2. The summed E-state index contributed by atoms with van der Waals surface area (Å²) in [4.78, 5) is 69.0. The van der Waals surface area contributed by atoms with Crippen LogP contribution in [0.5, 0.6) is 0 Å². The molecule has 80 heavy (non-hydrogen) atoms. The van der Waals surface area contributed by atoms with Crippen molar-refractivity contribution in [2.75, 3.05) is 86.2 Å². The zero-order valence-corrected chi connectivity index (χ0v) is 47.4. The third-order valence-corrected chi connectivity index (χ3v) is 20.7. The first-order valence-corrected chi connectivity index (χ1v) is 31.4. The molecule has 0 saturated carbocycles. The van der Waals surface area contributed by atoms with E-state index in [1.165, 1.54) is 65.6 Å². The van der Waals surface area contributed by atoms with E-state index in [0.29, 0.717) is 92.0 Å². The second-order valence-corrected chi connectivity index (χ2v) is 26.9. The van der Waals surface area contributed by atoms with Gasteiger partial charge in [-0.05, 0) is 48.6 Å². The average Bonchev–Trinajstić information content (AvgIpc) is 4.23. The monoisotopic (exact) mass is 1210 g/mol. The van der Waals surface area contributed by atoms with E-state index in [2.05, 4.69) is 23.1 Å². The van der Waals surface area contributed by atoms with Gasteiger partial charge >= 0.3 is 11.4 Å². The van der Waals surface area contributed by atoms with Crippen molar-refractivity contribution >= 4 is 112 Å². The number of thioether (sulfide) groups is 2. The lowest BCUT2D eigenvalue weighted by atomic mass is 10.0. The quantitative estimate of drug-likeness (QED) is 0.129. The van der Waals surface area contributed by atoms with Crippen molar-refractivity contribution in [3.63, 3.8) is 0 Å². The van der Waals surface area contributed by atoms with Gasteiger partial charge in [-0.15, -0.1) is 23.5 Å². The number of carbonyl (C=O) groups excluding carboxylic acids is 2. The number of nitrogens with zero attached hydrogens (tertiary/aromatic N) is 10. The van der Waals surface area contributed by atoms with Crippen LogP contribution in [0.1, 0.15) is 0 Å². The summed E-state index contributed by atoms with van der Waals surface area (Å²) in [7, 11) is -7.12. The van der Waals surface area contributed by atoms with Gasteiger partial charge in [0, 0.05) is 132 Å².